The lowest BCUT2D eigenvalue weighted by molar-refractivity contribution is -0.127. The van der Waals surface area contributed by atoms with Gasteiger partial charge in [0.2, 0.25) is 5.91 Å². The topological polar surface area (TPSA) is 58.6 Å². The molecule has 26 heavy (non-hydrogen) atoms. The molecule has 2 fully saturated rings. The fraction of sp³-hybridized carbons (Fsp3) is 0.600. The van der Waals surface area contributed by atoms with E-state index < -0.39 is 17.1 Å². The van der Waals surface area contributed by atoms with E-state index in [4.69, 9.17) is 4.74 Å². The van der Waals surface area contributed by atoms with Crippen LogP contribution in [0.15, 0.2) is 24.3 Å². The van der Waals surface area contributed by atoms with Gasteiger partial charge in [0.15, 0.2) is 0 Å². The van der Waals surface area contributed by atoms with Crippen LogP contribution in [-0.2, 0) is 9.53 Å². The third-order valence-corrected chi connectivity index (χ3v) is 5.20. The van der Waals surface area contributed by atoms with Crippen LogP contribution in [0.4, 0.5) is 14.9 Å². The molecule has 1 aromatic rings. The fourth-order valence-corrected chi connectivity index (χ4v) is 4.09. The normalized spacial score (nSPS) is 26.2. The Morgan fingerprint density at radius 3 is 2.81 bits per heavy atom. The first-order valence-corrected chi connectivity index (χ1v) is 9.26. The molecule has 0 bridgehead atoms. The highest BCUT2D eigenvalue weighted by Gasteiger charge is 2.49. The van der Waals surface area contributed by atoms with E-state index in [2.05, 4.69) is 5.32 Å². The summed E-state index contributed by atoms with van der Waals surface area (Å²) in [6.07, 6.45) is 3.43. The van der Waals surface area contributed by atoms with Gasteiger partial charge in [-0.1, -0.05) is 12.5 Å². The molecular weight excluding hydrogens is 335 g/mol. The minimum absolute atomic E-state index is 0.0405. The van der Waals surface area contributed by atoms with E-state index >= 15 is 0 Å². The molecule has 1 heterocycles. The predicted molar refractivity (Wildman–Crippen MR) is 97.4 cm³/mol. The van der Waals surface area contributed by atoms with Crippen LogP contribution in [0.2, 0.25) is 0 Å². The van der Waals surface area contributed by atoms with E-state index in [1.807, 2.05) is 20.8 Å². The van der Waals surface area contributed by atoms with Gasteiger partial charge in [0.25, 0.3) is 0 Å². The molecule has 1 aliphatic heterocycles. The third kappa shape index (κ3) is 4.00. The minimum Gasteiger partial charge on any atom is -0.444 e. The summed E-state index contributed by atoms with van der Waals surface area (Å²) in [6, 6.07) is 6.09. The van der Waals surface area contributed by atoms with Gasteiger partial charge in [0.05, 0.1) is 5.41 Å². The second-order valence-corrected chi connectivity index (χ2v) is 8.41. The van der Waals surface area contributed by atoms with Crippen molar-refractivity contribution >= 4 is 17.7 Å². The van der Waals surface area contributed by atoms with Crippen molar-refractivity contribution in [2.45, 2.75) is 64.5 Å². The van der Waals surface area contributed by atoms with Gasteiger partial charge in [-0.2, -0.15) is 0 Å². The zero-order valence-electron chi connectivity index (χ0n) is 15.7. The average Bonchev–Trinajstić information content (AvgIpc) is 2.82. The maximum absolute atomic E-state index is 13.5. The number of nitrogens with zero attached hydrogens (tertiary/aromatic N) is 1. The highest BCUT2D eigenvalue weighted by Crippen LogP contribution is 2.46. The minimum atomic E-state index is -0.548. The first kappa shape index (κ1) is 18.7. The smallest absolute Gasteiger partial charge is 0.407 e. The number of anilines is 1. The maximum atomic E-state index is 13.5. The fourth-order valence-electron chi connectivity index (χ4n) is 4.09. The van der Waals surface area contributed by atoms with E-state index in [0.29, 0.717) is 18.7 Å². The second kappa shape index (κ2) is 6.89. The maximum Gasteiger partial charge on any atom is 0.407 e. The Labute approximate surface area is 153 Å². The number of alkyl carbamates (subject to hydrolysis) is 1. The van der Waals surface area contributed by atoms with Crippen molar-refractivity contribution in [2.24, 2.45) is 5.41 Å². The number of amides is 2. The number of benzene rings is 1. The Morgan fingerprint density at radius 1 is 1.35 bits per heavy atom. The lowest BCUT2D eigenvalue weighted by Gasteiger charge is -2.37. The van der Waals surface area contributed by atoms with Gasteiger partial charge < -0.3 is 15.0 Å². The molecule has 6 heteroatoms. The number of rotatable bonds is 2. The zero-order chi connectivity index (χ0) is 18.9. The van der Waals surface area contributed by atoms with Crippen molar-refractivity contribution in [2.75, 3.05) is 11.4 Å². The SMILES string of the molecule is CC(C)(C)OC(=O)NC1CCCC2(CCN(c3cccc(F)c3)C2=O)C1. The van der Waals surface area contributed by atoms with Crippen LogP contribution in [0.5, 0.6) is 0 Å². The molecule has 0 aromatic heterocycles. The Balaban J connectivity index is 1.68. The molecule has 0 radical (unpaired) electrons. The molecule has 2 atom stereocenters. The van der Waals surface area contributed by atoms with Gasteiger partial charge in [-0.15, -0.1) is 0 Å². The molecule has 1 spiro atoms. The van der Waals surface area contributed by atoms with Gasteiger partial charge in [-0.25, -0.2) is 9.18 Å². The first-order valence-electron chi connectivity index (χ1n) is 9.26. The molecule has 1 saturated heterocycles. The molecule has 142 valence electrons. The standard InChI is InChI=1S/C20H27FN2O3/c1-19(2,3)26-18(25)22-15-7-5-9-20(13-15)10-11-23(17(20)24)16-8-4-6-14(21)12-16/h4,6,8,12,15H,5,7,9-11,13H2,1-3H3,(H,22,25). The second-order valence-electron chi connectivity index (χ2n) is 8.41. The summed E-state index contributed by atoms with van der Waals surface area (Å²) >= 11 is 0. The number of hydrogen-bond acceptors (Lipinski definition) is 3. The summed E-state index contributed by atoms with van der Waals surface area (Å²) in [7, 11) is 0. The molecule has 1 aliphatic carbocycles. The third-order valence-electron chi connectivity index (χ3n) is 5.20. The van der Waals surface area contributed by atoms with Crippen molar-refractivity contribution in [3.05, 3.63) is 30.1 Å². The van der Waals surface area contributed by atoms with Crippen molar-refractivity contribution in [3.63, 3.8) is 0 Å². The highest BCUT2D eigenvalue weighted by atomic mass is 19.1. The van der Waals surface area contributed by atoms with Crippen molar-refractivity contribution < 1.29 is 18.7 Å². The van der Waals surface area contributed by atoms with Crippen LogP contribution in [0, 0.1) is 11.2 Å². The van der Waals surface area contributed by atoms with Crippen LogP contribution >= 0.6 is 0 Å². The number of carbonyl (C=O) groups excluding carboxylic acids is 2. The lowest BCUT2D eigenvalue weighted by Crippen LogP contribution is -2.47. The van der Waals surface area contributed by atoms with Crippen LogP contribution < -0.4 is 10.2 Å². The molecule has 2 amide bonds. The molecule has 5 nitrogen and oxygen atoms in total. The molecular formula is C20H27FN2O3. The van der Waals surface area contributed by atoms with E-state index in [1.54, 1.807) is 17.0 Å². The Bertz CT molecular complexity index is 701. The van der Waals surface area contributed by atoms with Crippen LogP contribution in [0.3, 0.4) is 0 Å². The van der Waals surface area contributed by atoms with Crippen LogP contribution in [-0.4, -0.2) is 30.2 Å². The van der Waals surface area contributed by atoms with E-state index in [1.165, 1.54) is 12.1 Å². The molecule has 2 aliphatic rings. The Hall–Kier alpha value is -2.11. The number of halogens is 1. The van der Waals surface area contributed by atoms with E-state index in [0.717, 1.165) is 25.7 Å². The van der Waals surface area contributed by atoms with E-state index in [9.17, 15) is 14.0 Å². The molecule has 2 unspecified atom stereocenters. The summed E-state index contributed by atoms with van der Waals surface area (Å²) in [4.78, 5) is 26.9. The van der Waals surface area contributed by atoms with Crippen molar-refractivity contribution in [1.82, 2.24) is 5.32 Å². The average molecular weight is 362 g/mol. The van der Waals surface area contributed by atoms with Gasteiger partial charge >= 0.3 is 6.09 Å². The quantitative estimate of drug-likeness (QED) is 0.865. The number of hydrogen-bond donors (Lipinski definition) is 1. The van der Waals surface area contributed by atoms with Gasteiger partial charge in [0, 0.05) is 18.3 Å². The van der Waals surface area contributed by atoms with Crippen LogP contribution in [0.25, 0.3) is 0 Å². The first-order chi connectivity index (χ1) is 12.2. The number of carbonyl (C=O) groups is 2. The molecule has 1 aromatic carbocycles. The number of ether oxygens (including phenoxy) is 1. The Morgan fingerprint density at radius 2 is 2.12 bits per heavy atom. The highest BCUT2D eigenvalue weighted by molar-refractivity contribution is 6.00. The summed E-state index contributed by atoms with van der Waals surface area (Å²) in [5.41, 5.74) is -0.410. The number of nitrogens with one attached hydrogen (secondary N) is 1. The summed E-state index contributed by atoms with van der Waals surface area (Å²) < 4.78 is 18.9. The van der Waals surface area contributed by atoms with E-state index in [-0.39, 0.29) is 17.8 Å². The summed E-state index contributed by atoms with van der Waals surface area (Å²) in [6.45, 7) is 6.06. The zero-order valence-corrected chi connectivity index (χ0v) is 15.7. The Kier molecular flexibility index (Phi) is 4.95. The van der Waals surface area contributed by atoms with Gasteiger partial charge in [-0.05, 0) is 64.7 Å². The van der Waals surface area contributed by atoms with Crippen molar-refractivity contribution in [1.29, 1.82) is 0 Å². The molecule has 3 rings (SSSR count). The van der Waals surface area contributed by atoms with Gasteiger partial charge in [0.1, 0.15) is 11.4 Å². The monoisotopic (exact) mass is 362 g/mol. The summed E-state index contributed by atoms with van der Waals surface area (Å²) in [5, 5.41) is 2.92. The van der Waals surface area contributed by atoms with Gasteiger partial charge in [-0.3, -0.25) is 4.79 Å². The molecule has 1 N–H and O–H groups in total. The molecule has 1 saturated carbocycles. The van der Waals surface area contributed by atoms with Crippen molar-refractivity contribution in [3.8, 4) is 0 Å². The summed E-state index contributed by atoms with van der Waals surface area (Å²) in [5.74, 6) is -0.303. The predicted octanol–water partition coefficient (Wildman–Crippen LogP) is 4.02. The lowest BCUT2D eigenvalue weighted by atomic mass is 9.71. The van der Waals surface area contributed by atoms with Crippen LogP contribution in [0.1, 0.15) is 52.9 Å². The largest absolute Gasteiger partial charge is 0.444 e.